The van der Waals surface area contributed by atoms with Crippen molar-refractivity contribution in [1.82, 2.24) is 5.32 Å². The fourth-order valence-corrected chi connectivity index (χ4v) is 1.41. The third-order valence-electron chi connectivity index (χ3n) is 2.61. The van der Waals surface area contributed by atoms with Crippen LogP contribution >= 0.6 is 0 Å². The van der Waals surface area contributed by atoms with Crippen LogP contribution in [0.4, 0.5) is 5.69 Å². The van der Waals surface area contributed by atoms with Crippen molar-refractivity contribution in [3.05, 3.63) is 52.1 Å². The average Bonchev–Trinajstić information content (AvgIpc) is 2.34. The summed E-state index contributed by atoms with van der Waals surface area (Å²) >= 11 is 0. The Morgan fingerprint density at radius 3 is 2.59 bits per heavy atom. The summed E-state index contributed by atoms with van der Waals surface area (Å²) in [6.07, 6.45) is 1.86. The van der Waals surface area contributed by atoms with Crippen LogP contribution in [0.2, 0.25) is 0 Å². The second-order valence-corrected chi connectivity index (χ2v) is 3.95. The quantitative estimate of drug-likeness (QED) is 0.341. The summed E-state index contributed by atoms with van der Waals surface area (Å²) in [5, 5.41) is 13.8. The van der Waals surface area contributed by atoms with Crippen molar-refractivity contribution < 1.29 is 4.92 Å². The Morgan fingerprint density at radius 1 is 1.41 bits per heavy atom. The van der Waals surface area contributed by atoms with Gasteiger partial charge in [-0.1, -0.05) is 31.2 Å². The number of nitrogens with zero attached hydrogens (tertiary/aromatic N) is 1. The predicted octanol–water partition coefficient (Wildman–Crippen LogP) is 2.69. The highest BCUT2D eigenvalue weighted by Gasteiger charge is 2.03. The first-order chi connectivity index (χ1) is 8.13. The molecule has 0 fully saturated rings. The van der Waals surface area contributed by atoms with E-state index in [1.807, 2.05) is 0 Å². The van der Waals surface area contributed by atoms with Crippen molar-refractivity contribution in [2.45, 2.75) is 19.8 Å². The van der Waals surface area contributed by atoms with Crippen LogP contribution in [0, 0.1) is 10.1 Å². The summed E-state index contributed by atoms with van der Waals surface area (Å²) in [6.45, 7) is 7.69. The molecule has 4 nitrogen and oxygen atoms in total. The average molecular weight is 234 g/mol. The number of nitrogens with one attached hydrogen (secondary N) is 1. The molecule has 1 aromatic rings. The molecule has 1 N–H and O–H groups in total. The standard InChI is InChI=1S/C13H18N2O2/c1-3-11(2)10-14-9-8-12-4-6-13(7-5-12)15(16)17/h4-7,14H,2-3,8-10H2,1H3. The molecule has 0 aliphatic carbocycles. The number of nitro benzene ring substituents is 1. The SMILES string of the molecule is C=C(CC)CNCCc1ccc([N+](=O)[O-])cc1. The fraction of sp³-hybridized carbons (Fsp3) is 0.385. The molecule has 0 saturated carbocycles. The number of benzene rings is 1. The first-order valence-corrected chi connectivity index (χ1v) is 5.74. The number of nitro groups is 1. The molecule has 1 aromatic carbocycles. The summed E-state index contributed by atoms with van der Waals surface area (Å²) in [6, 6.07) is 6.68. The third kappa shape index (κ3) is 4.78. The molecule has 0 aliphatic heterocycles. The van der Waals surface area contributed by atoms with Crippen molar-refractivity contribution in [2.75, 3.05) is 13.1 Å². The van der Waals surface area contributed by atoms with Crippen LogP contribution in [0.3, 0.4) is 0 Å². The zero-order valence-electron chi connectivity index (χ0n) is 10.1. The molecule has 0 aromatic heterocycles. The maximum Gasteiger partial charge on any atom is 0.269 e. The fourth-order valence-electron chi connectivity index (χ4n) is 1.41. The Labute approximate surface area is 101 Å². The molecule has 0 bridgehead atoms. The van der Waals surface area contributed by atoms with Crippen LogP contribution in [-0.4, -0.2) is 18.0 Å². The van der Waals surface area contributed by atoms with Gasteiger partial charge in [0, 0.05) is 18.7 Å². The molecular formula is C13H18N2O2. The number of hydrogen-bond donors (Lipinski definition) is 1. The normalized spacial score (nSPS) is 10.2. The van der Waals surface area contributed by atoms with Crippen LogP contribution < -0.4 is 5.32 Å². The Bertz CT molecular complexity index is 385. The summed E-state index contributed by atoms with van der Waals surface area (Å²) in [5.74, 6) is 0. The van der Waals surface area contributed by atoms with Crippen LogP contribution in [0.25, 0.3) is 0 Å². The molecular weight excluding hydrogens is 216 g/mol. The van der Waals surface area contributed by atoms with E-state index in [2.05, 4.69) is 18.8 Å². The molecule has 92 valence electrons. The lowest BCUT2D eigenvalue weighted by molar-refractivity contribution is -0.384. The van der Waals surface area contributed by atoms with Gasteiger partial charge < -0.3 is 5.32 Å². The molecule has 0 aliphatic rings. The lowest BCUT2D eigenvalue weighted by Crippen LogP contribution is -2.19. The van der Waals surface area contributed by atoms with Crippen LogP contribution in [-0.2, 0) is 6.42 Å². The molecule has 17 heavy (non-hydrogen) atoms. The first kappa shape index (κ1) is 13.4. The molecule has 4 heteroatoms. The van der Waals surface area contributed by atoms with E-state index >= 15 is 0 Å². The highest BCUT2D eigenvalue weighted by Crippen LogP contribution is 2.11. The minimum absolute atomic E-state index is 0.140. The highest BCUT2D eigenvalue weighted by atomic mass is 16.6. The summed E-state index contributed by atoms with van der Waals surface area (Å²) in [7, 11) is 0. The van der Waals surface area contributed by atoms with E-state index in [0.717, 1.165) is 31.5 Å². The second kappa shape index (κ2) is 6.81. The van der Waals surface area contributed by atoms with Gasteiger partial charge in [-0.05, 0) is 24.9 Å². The van der Waals surface area contributed by atoms with Gasteiger partial charge in [-0.25, -0.2) is 0 Å². The Hall–Kier alpha value is -1.68. The number of non-ortho nitro benzene ring substituents is 1. The van der Waals surface area contributed by atoms with E-state index in [4.69, 9.17) is 0 Å². The third-order valence-corrected chi connectivity index (χ3v) is 2.61. The Kier molecular flexibility index (Phi) is 5.36. The first-order valence-electron chi connectivity index (χ1n) is 5.74. The van der Waals surface area contributed by atoms with Gasteiger partial charge in [0.15, 0.2) is 0 Å². The summed E-state index contributed by atoms with van der Waals surface area (Å²) in [4.78, 5) is 10.1. The van der Waals surface area contributed by atoms with Gasteiger partial charge in [-0.15, -0.1) is 0 Å². The molecule has 0 radical (unpaired) electrons. The molecule has 0 amide bonds. The van der Waals surface area contributed by atoms with Crippen molar-refractivity contribution in [3.63, 3.8) is 0 Å². The smallest absolute Gasteiger partial charge is 0.269 e. The molecule has 0 heterocycles. The molecule has 0 atom stereocenters. The minimum atomic E-state index is -0.382. The maximum atomic E-state index is 10.5. The molecule has 0 unspecified atom stereocenters. The molecule has 0 spiro atoms. The predicted molar refractivity (Wildman–Crippen MR) is 69.1 cm³/mol. The Morgan fingerprint density at radius 2 is 2.06 bits per heavy atom. The largest absolute Gasteiger partial charge is 0.313 e. The van der Waals surface area contributed by atoms with E-state index < -0.39 is 0 Å². The van der Waals surface area contributed by atoms with Crippen LogP contribution in [0.1, 0.15) is 18.9 Å². The zero-order valence-corrected chi connectivity index (χ0v) is 10.1. The minimum Gasteiger partial charge on any atom is -0.313 e. The van der Waals surface area contributed by atoms with Gasteiger partial charge >= 0.3 is 0 Å². The maximum absolute atomic E-state index is 10.5. The van der Waals surface area contributed by atoms with Gasteiger partial charge in [-0.3, -0.25) is 10.1 Å². The van der Waals surface area contributed by atoms with Crippen molar-refractivity contribution >= 4 is 5.69 Å². The zero-order chi connectivity index (χ0) is 12.7. The van der Waals surface area contributed by atoms with Gasteiger partial charge in [-0.2, -0.15) is 0 Å². The van der Waals surface area contributed by atoms with Crippen LogP contribution in [0.5, 0.6) is 0 Å². The monoisotopic (exact) mass is 234 g/mol. The van der Waals surface area contributed by atoms with Gasteiger partial charge in [0.05, 0.1) is 4.92 Å². The van der Waals surface area contributed by atoms with Crippen molar-refractivity contribution in [1.29, 1.82) is 0 Å². The number of rotatable bonds is 7. The lowest BCUT2D eigenvalue weighted by atomic mass is 10.1. The van der Waals surface area contributed by atoms with E-state index in [0.29, 0.717) is 0 Å². The van der Waals surface area contributed by atoms with Crippen LogP contribution in [0.15, 0.2) is 36.4 Å². The topological polar surface area (TPSA) is 55.2 Å². The van der Waals surface area contributed by atoms with Gasteiger partial charge in [0.1, 0.15) is 0 Å². The molecule has 0 saturated heterocycles. The van der Waals surface area contributed by atoms with E-state index in [1.54, 1.807) is 24.3 Å². The van der Waals surface area contributed by atoms with Gasteiger partial charge in [0.25, 0.3) is 5.69 Å². The molecule has 1 rings (SSSR count). The van der Waals surface area contributed by atoms with E-state index in [1.165, 1.54) is 5.57 Å². The lowest BCUT2D eigenvalue weighted by Gasteiger charge is -2.05. The number of hydrogen-bond acceptors (Lipinski definition) is 3. The summed E-state index contributed by atoms with van der Waals surface area (Å²) < 4.78 is 0. The van der Waals surface area contributed by atoms with Gasteiger partial charge in [0.2, 0.25) is 0 Å². The van der Waals surface area contributed by atoms with Crippen molar-refractivity contribution in [3.8, 4) is 0 Å². The Balaban J connectivity index is 2.32. The van der Waals surface area contributed by atoms with E-state index in [-0.39, 0.29) is 10.6 Å². The highest BCUT2D eigenvalue weighted by molar-refractivity contribution is 5.32. The summed E-state index contributed by atoms with van der Waals surface area (Å²) in [5.41, 5.74) is 2.43. The second-order valence-electron chi connectivity index (χ2n) is 3.95. The van der Waals surface area contributed by atoms with Crippen molar-refractivity contribution in [2.24, 2.45) is 0 Å². The van der Waals surface area contributed by atoms with E-state index in [9.17, 15) is 10.1 Å².